The van der Waals surface area contributed by atoms with Crippen LogP contribution in [0.2, 0.25) is 0 Å². The van der Waals surface area contributed by atoms with E-state index in [0.717, 1.165) is 11.1 Å². The Morgan fingerprint density at radius 3 is 2.79 bits per heavy atom. The summed E-state index contributed by atoms with van der Waals surface area (Å²) in [4.78, 5) is 11.5. The first-order valence-electron chi connectivity index (χ1n) is 7.89. The summed E-state index contributed by atoms with van der Waals surface area (Å²) in [7, 11) is 1.34. The van der Waals surface area contributed by atoms with Crippen LogP contribution in [0.5, 0.6) is 0 Å². The minimum atomic E-state index is -0.387. The molecule has 3 N–H and O–H groups in total. The molecule has 24 heavy (non-hydrogen) atoms. The monoisotopic (exact) mass is 332 g/mol. The fraction of sp³-hybridized carbons (Fsp3) is 0.500. The summed E-state index contributed by atoms with van der Waals surface area (Å²) in [6, 6.07) is 8.01. The lowest BCUT2D eigenvalue weighted by Crippen LogP contribution is -2.29. The second-order valence-electron chi connectivity index (χ2n) is 5.90. The van der Waals surface area contributed by atoms with Crippen LogP contribution >= 0.6 is 0 Å². The van der Waals surface area contributed by atoms with Crippen molar-refractivity contribution in [1.82, 2.24) is 25.5 Å². The Morgan fingerprint density at radius 1 is 1.38 bits per heavy atom. The molecule has 0 bridgehead atoms. The van der Waals surface area contributed by atoms with Crippen LogP contribution in [-0.4, -0.2) is 33.3 Å². The van der Waals surface area contributed by atoms with Gasteiger partial charge in [0.2, 0.25) is 0 Å². The van der Waals surface area contributed by atoms with Gasteiger partial charge in [0.15, 0.2) is 5.82 Å². The van der Waals surface area contributed by atoms with E-state index in [0.29, 0.717) is 18.9 Å². The average Bonchev–Trinajstić information content (AvgIpc) is 3.02. The summed E-state index contributed by atoms with van der Waals surface area (Å²) in [6.45, 7) is 5.31. The molecule has 0 spiro atoms. The SMILES string of the molecule is COC(=O)Cn1nnnc1C(NCc1cccc(CN)c1)C(C)C. The number of carbonyl (C=O) groups is 1. The Hall–Kier alpha value is -2.32. The third kappa shape index (κ3) is 4.59. The van der Waals surface area contributed by atoms with E-state index in [2.05, 4.69) is 45.5 Å². The molecule has 0 saturated heterocycles. The molecule has 0 aliphatic rings. The summed E-state index contributed by atoms with van der Waals surface area (Å²) < 4.78 is 6.16. The van der Waals surface area contributed by atoms with E-state index in [4.69, 9.17) is 5.73 Å². The van der Waals surface area contributed by atoms with Crippen molar-refractivity contribution in [3.05, 3.63) is 41.2 Å². The summed E-state index contributed by atoms with van der Waals surface area (Å²) in [6.07, 6.45) is 0. The van der Waals surface area contributed by atoms with Gasteiger partial charge in [-0.3, -0.25) is 4.79 Å². The van der Waals surface area contributed by atoms with Crippen LogP contribution < -0.4 is 11.1 Å². The van der Waals surface area contributed by atoms with Crippen LogP contribution in [0.15, 0.2) is 24.3 Å². The molecule has 2 aromatic rings. The molecule has 0 aliphatic carbocycles. The number of ether oxygens (including phenoxy) is 1. The quantitative estimate of drug-likeness (QED) is 0.688. The zero-order valence-electron chi connectivity index (χ0n) is 14.3. The molecule has 0 saturated carbocycles. The largest absolute Gasteiger partial charge is 0.468 e. The van der Waals surface area contributed by atoms with Gasteiger partial charge in [-0.25, -0.2) is 4.68 Å². The number of carbonyl (C=O) groups excluding carboxylic acids is 1. The number of aromatic nitrogens is 4. The van der Waals surface area contributed by atoms with Gasteiger partial charge in [-0.1, -0.05) is 38.1 Å². The van der Waals surface area contributed by atoms with Gasteiger partial charge in [0.1, 0.15) is 6.54 Å². The predicted molar refractivity (Wildman–Crippen MR) is 88.6 cm³/mol. The third-order valence-electron chi connectivity index (χ3n) is 3.76. The van der Waals surface area contributed by atoms with Crippen LogP contribution in [0.4, 0.5) is 0 Å². The van der Waals surface area contributed by atoms with Crippen molar-refractivity contribution in [2.75, 3.05) is 7.11 Å². The second-order valence-corrected chi connectivity index (χ2v) is 5.90. The molecule has 0 amide bonds. The molecule has 1 unspecified atom stereocenters. The number of nitrogens with zero attached hydrogens (tertiary/aromatic N) is 4. The Kier molecular flexibility index (Phi) is 6.39. The predicted octanol–water partition coefficient (Wildman–Crippen LogP) is 0.792. The number of nitrogens with two attached hydrogens (primary N) is 1. The van der Waals surface area contributed by atoms with Gasteiger partial charge in [0.05, 0.1) is 13.2 Å². The van der Waals surface area contributed by atoms with Crippen molar-refractivity contribution < 1.29 is 9.53 Å². The molecular formula is C16H24N6O2. The minimum absolute atomic E-state index is 0.00755. The molecule has 1 atom stereocenters. The van der Waals surface area contributed by atoms with Gasteiger partial charge in [-0.2, -0.15) is 0 Å². The van der Waals surface area contributed by atoms with E-state index >= 15 is 0 Å². The van der Waals surface area contributed by atoms with Gasteiger partial charge in [0, 0.05) is 13.1 Å². The molecule has 130 valence electrons. The normalized spacial score (nSPS) is 12.4. The molecule has 8 heteroatoms. The van der Waals surface area contributed by atoms with E-state index in [1.165, 1.54) is 11.8 Å². The zero-order chi connectivity index (χ0) is 17.5. The second kappa shape index (κ2) is 8.51. The van der Waals surface area contributed by atoms with Gasteiger partial charge in [-0.15, -0.1) is 5.10 Å². The number of esters is 1. The van der Waals surface area contributed by atoms with Crippen LogP contribution in [0.1, 0.15) is 36.8 Å². The summed E-state index contributed by atoms with van der Waals surface area (Å²) in [5.74, 6) is 0.470. The number of hydrogen-bond donors (Lipinski definition) is 2. The molecule has 0 aliphatic heterocycles. The van der Waals surface area contributed by atoms with Crippen molar-refractivity contribution in [2.24, 2.45) is 11.7 Å². The highest BCUT2D eigenvalue weighted by atomic mass is 16.5. The third-order valence-corrected chi connectivity index (χ3v) is 3.76. The van der Waals surface area contributed by atoms with Crippen molar-refractivity contribution in [1.29, 1.82) is 0 Å². The summed E-state index contributed by atoms with van der Waals surface area (Å²) >= 11 is 0. The van der Waals surface area contributed by atoms with E-state index in [1.54, 1.807) is 0 Å². The number of nitrogens with one attached hydrogen (secondary N) is 1. The maximum atomic E-state index is 11.5. The van der Waals surface area contributed by atoms with Gasteiger partial charge in [0.25, 0.3) is 0 Å². The number of rotatable bonds is 8. The zero-order valence-corrected chi connectivity index (χ0v) is 14.3. The molecule has 0 radical (unpaired) electrons. The first-order chi connectivity index (χ1) is 11.5. The Morgan fingerprint density at radius 2 is 2.12 bits per heavy atom. The molecule has 8 nitrogen and oxygen atoms in total. The van der Waals surface area contributed by atoms with Crippen molar-refractivity contribution >= 4 is 5.97 Å². The van der Waals surface area contributed by atoms with E-state index in [1.807, 2.05) is 18.2 Å². The van der Waals surface area contributed by atoms with Crippen LogP contribution in [0, 0.1) is 5.92 Å². The van der Waals surface area contributed by atoms with Crippen LogP contribution in [-0.2, 0) is 29.2 Å². The van der Waals surface area contributed by atoms with E-state index < -0.39 is 0 Å². The lowest BCUT2D eigenvalue weighted by molar-refractivity contribution is -0.141. The van der Waals surface area contributed by atoms with Crippen molar-refractivity contribution in [2.45, 2.75) is 39.5 Å². The Labute approximate surface area is 141 Å². The maximum absolute atomic E-state index is 11.5. The van der Waals surface area contributed by atoms with Crippen molar-refractivity contribution in [3.63, 3.8) is 0 Å². The van der Waals surface area contributed by atoms with Gasteiger partial charge >= 0.3 is 5.97 Å². The molecule has 0 fully saturated rings. The van der Waals surface area contributed by atoms with Gasteiger partial charge in [-0.05, 0) is 27.5 Å². The molecule has 1 aromatic carbocycles. The number of benzene rings is 1. The van der Waals surface area contributed by atoms with Crippen LogP contribution in [0.3, 0.4) is 0 Å². The summed E-state index contributed by atoms with van der Waals surface area (Å²) in [5.41, 5.74) is 7.91. The Bertz CT molecular complexity index is 670. The van der Waals surface area contributed by atoms with Gasteiger partial charge < -0.3 is 15.8 Å². The fourth-order valence-electron chi connectivity index (χ4n) is 2.45. The first-order valence-corrected chi connectivity index (χ1v) is 7.89. The standard InChI is InChI=1S/C16H24N6O2/c1-11(2)15(16-19-20-21-22(16)10-14(23)24-3)18-9-13-6-4-5-12(7-13)8-17/h4-7,11,15,18H,8-10,17H2,1-3H3. The molecule has 1 aromatic heterocycles. The van der Waals surface area contributed by atoms with Crippen molar-refractivity contribution in [3.8, 4) is 0 Å². The first kappa shape index (κ1) is 18.0. The van der Waals surface area contributed by atoms with E-state index in [-0.39, 0.29) is 24.5 Å². The maximum Gasteiger partial charge on any atom is 0.327 e. The minimum Gasteiger partial charge on any atom is -0.468 e. The number of methoxy groups -OCH3 is 1. The topological polar surface area (TPSA) is 108 Å². The highest BCUT2D eigenvalue weighted by Gasteiger charge is 2.23. The molecular weight excluding hydrogens is 308 g/mol. The van der Waals surface area contributed by atoms with E-state index in [9.17, 15) is 4.79 Å². The lowest BCUT2D eigenvalue weighted by Gasteiger charge is -2.21. The molecule has 2 rings (SSSR count). The lowest BCUT2D eigenvalue weighted by atomic mass is 10.0. The highest BCUT2D eigenvalue weighted by molar-refractivity contribution is 5.68. The molecule has 1 heterocycles. The summed E-state index contributed by atoms with van der Waals surface area (Å²) in [5, 5.41) is 15.1. The fourth-order valence-corrected chi connectivity index (χ4v) is 2.45. The highest BCUT2D eigenvalue weighted by Crippen LogP contribution is 2.20. The van der Waals surface area contributed by atoms with Crippen LogP contribution in [0.25, 0.3) is 0 Å². The smallest absolute Gasteiger partial charge is 0.327 e. The Balaban J connectivity index is 2.12. The number of tetrazole rings is 1. The number of hydrogen-bond acceptors (Lipinski definition) is 7. The average molecular weight is 332 g/mol.